The van der Waals surface area contributed by atoms with Crippen LogP contribution in [0.3, 0.4) is 0 Å². The molecule has 0 saturated carbocycles. The number of hydrogen-bond donors (Lipinski definition) is 0. The van der Waals surface area contributed by atoms with Crippen LogP contribution in [-0.2, 0) is 5.75 Å². The van der Waals surface area contributed by atoms with Gasteiger partial charge in [0.2, 0.25) is 16.9 Å². The molecule has 0 atom stereocenters. The van der Waals surface area contributed by atoms with E-state index in [1.54, 1.807) is 24.8 Å². The Morgan fingerprint density at radius 2 is 1.93 bits per heavy atom. The number of ether oxygens (including phenoxy) is 2. The van der Waals surface area contributed by atoms with Crippen molar-refractivity contribution in [1.82, 2.24) is 29.7 Å². The van der Waals surface area contributed by atoms with E-state index in [1.807, 2.05) is 32.0 Å². The van der Waals surface area contributed by atoms with Gasteiger partial charge in [0.1, 0.15) is 11.5 Å². The van der Waals surface area contributed by atoms with Gasteiger partial charge in [-0.3, -0.25) is 0 Å². The highest BCUT2D eigenvalue weighted by Gasteiger charge is 2.16. The average molecular weight is 398 g/mol. The first kappa shape index (κ1) is 18.2. The summed E-state index contributed by atoms with van der Waals surface area (Å²) in [4.78, 5) is 13.3. The number of aromatic nitrogens is 6. The van der Waals surface area contributed by atoms with Gasteiger partial charge in [0, 0.05) is 17.5 Å². The largest absolute Gasteiger partial charge is 0.497 e. The van der Waals surface area contributed by atoms with E-state index in [-0.39, 0.29) is 0 Å². The van der Waals surface area contributed by atoms with E-state index in [0.717, 1.165) is 17.0 Å². The van der Waals surface area contributed by atoms with Gasteiger partial charge < -0.3 is 14.0 Å². The van der Waals surface area contributed by atoms with Crippen molar-refractivity contribution in [3.05, 3.63) is 41.5 Å². The smallest absolute Gasteiger partial charge is 0.253 e. The molecule has 0 bridgehead atoms. The summed E-state index contributed by atoms with van der Waals surface area (Å²) in [5.74, 6) is 3.24. The zero-order valence-electron chi connectivity index (χ0n) is 15.8. The normalized spacial score (nSPS) is 11.1. The first-order valence-electron chi connectivity index (χ1n) is 8.46. The molecule has 144 valence electrons. The van der Waals surface area contributed by atoms with E-state index >= 15 is 0 Å². The third-order valence-electron chi connectivity index (χ3n) is 4.04. The van der Waals surface area contributed by atoms with Crippen LogP contribution in [-0.4, -0.2) is 43.9 Å². The lowest BCUT2D eigenvalue weighted by Gasteiger charge is -2.07. The maximum Gasteiger partial charge on any atom is 0.253 e. The Balaban J connectivity index is 1.52. The van der Waals surface area contributed by atoms with Gasteiger partial charge in [0.15, 0.2) is 0 Å². The van der Waals surface area contributed by atoms with Crippen LogP contribution in [0.4, 0.5) is 0 Å². The number of aryl methyl sites for hydroxylation is 2. The standard InChI is InChI=1S/C18H18N6O3S/c1-10-7-11(2)24-17(19-10)21-18(22-24)28-9-15-20-16(23-27-15)13-6-5-12(25-3)8-14(13)26-4/h5-8H,9H2,1-4H3. The van der Waals surface area contributed by atoms with E-state index in [2.05, 4.69) is 25.2 Å². The fraction of sp³-hybridized carbons (Fsp3) is 0.278. The van der Waals surface area contributed by atoms with Crippen molar-refractivity contribution in [2.45, 2.75) is 24.8 Å². The van der Waals surface area contributed by atoms with Crippen LogP contribution in [0.2, 0.25) is 0 Å². The highest BCUT2D eigenvalue weighted by Crippen LogP contribution is 2.32. The number of thioether (sulfide) groups is 1. The highest BCUT2D eigenvalue weighted by atomic mass is 32.2. The van der Waals surface area contributed by atoms with E-state index < -0.39 is 0 Å². The molecule has 4 rings (SSSR count). The van der Waals surface area contributed by atoms with Crippen LogP contribution in [0.15, 0.2) is 33.9 Å². The third-order valence-corrected chi connectivity index (χ3v) is 4.86. The van der Waals surface area contributed by atoms with Gasteiger partial charge in [0.25, 0.3) is 5.78 Å². The summed E-state index contributed by atoms with van der Waals surface area (Å²) in [7, 11) is 3.19. The van der Waals surface area contributed by atoms with Crippen molar-refractivity contribution in [3.63, 3.8) is 0 Å². The Morgan fingerprint density at radius 3 is 2.71 bits per heavy atom. The Hall–Kier alpha value is -3.14. The number of methoxy groups -OCH3 is 2. The van der Waals surface area contributed by atoms with Crippen molar-refractivity contribution in [3.8, 4) is 22.9 Å². The van der Waals surface area contributed by atoms with E-state index in [1.165, 1.54) is 11.8 Å². The summed E-state index contributed by atoms with van der Waals surface area (Å²) >= 11 is 1.41. The maximum atomic E-state index is 5.40. The van der Waals surface area contributed by atoms with E-state index in [4.69, 9.17) is 14.0 Å². The Morgan fingerprint density at radius 1 is 1.07 bits per heavy atom. The van der Waals surface area contributed by atoms with Crippen molar-refractivity contribution in [2.24, 2.45) is 0 Å². The number of fused-ring (bicyclic) bond motifs is 1. The van der Waals surface area contributed by atoms with Crippen molar-refractivity contribution < 1.29 is 14.0 Å². The summed E-state index contributed by atoms with van der Waals surface area (Å²) in [5, 5.41) is 9.11. The summed E-state index contributed by atoms with van der Waals surface area (Å²) in [6.45, 7) is 3.90. The Kier molecular flexibility index (Phi) is 4.86. The first-order chi connectivity index (χ1) is 13.6. The molecule has 3 aromatic heterocycles. The molecule has 0 aliphatic heterocycles. The van der Waals surface area contributed by atoms with E-state index in [9.17, 15) is 0 Å². The topological polar surface area (TPSA) is 100 Å². The highest BCUT2D eigenvalue weighted by molar-refractivity contribution is 7.98. The van der Waals surface area contributed by atoms with Crippen LogP contribution in [0.25, 0.3) is 17.2 Å². The molecule has 28 heavy (non-hydrogen) atoms. The predicted octanol–water partition coefficient (Wildman–Crippen LogP) is 3.10. The van der Waals surface area contributed by atoms with Crippen LogP contribution in [0.1, 0.15) is 17.3 Å². The molecule has 0 fully saturated rings. The van der Waals surface area contributed by atoms with Gasteiger partial charge in [0.05, 0.1) is 25.5 Å². The summed E-state index contributed by atoms with van der Waals surface area (Å²) < 4.78 is 17.7. The van der Waals surface area contributed by atoms with E-state index in [0.29, 0.717) is 39.9 Å². The fourth-order valence-electron chi connectivity index (χ4n) is 2.74. The molecule has 1 aromatic carbocycles. The van der Waals surface area contributed by atoms with Gasteiger partial charge in [-0.25, -0.2) is 9.50 Å². The minimum atomic E-state index is 0.445. The molecule has 0 unspecified atom stereocenters. The van der Waals surface area contributed by atoms with Crippen molar-refractivity contribution in [2.75, 3.05) is 14.2 Å². The second-order valence-corrected chi connectivity index (χ2v) is 6.95. The van der Waals surface area contributed by atoms with Gasteiger partial charge in [-0.1, -0.05) is 16.9 Å². The average Bonchev–Trinajstić information content (AvgIpc) is 3.32. The maximum absolute atomic E-state index is 5.40. The minimum absolute atomic E-state index is 0.445. The van der Waals surface area contributed by atoms with Gasteiger partial charge in [-0.05, 0) is 32.0 Å². The molecule has 0 N–H and O–H groups in total. The van der Waals surface area contributed by atoms with Crippen LogP contribution < -0.4 is 9.47 Å². The molecule has 10 heteroatoms. The lowest BCUT2D eigenvalue weighted by Crippen LogP contribution is -1.97. The Labute approximate surface area is 165 Å². The molecule has 0 saturated heterocycles. The number of nitrogens with zero attached hydrogens (tertiary/aromatic N) is 6. The molecule has 0 aliphatic rings. The lowest BCUT2D eigenvalue weighted by atomic mass is 10.2. The van der Waals surface area contributed by atoms with Crippen LogP contribution in [0.5, 0.6) is 11.5 Å². The van der Waals surface area contributed by atoms with Crippen LogP contribution in [0, 0.1) is 13.8 Å². The van der Waals surface area contributed by atoms with Gasteiger partial charge in [-0.2, -0.15) is 9.97 Å². The Bertz CT molecular complexity index is 1140. The molecule has 9 nitrogen and oxygen atoms in total. The predicted molar refractivity (Wildman–Crippen MR) is 103 cm³/mol. The summed E-state index contributed by atoms with van der Waals surface area (Å²) in [6, 6.07) is 7.39. The van der Waals surface area contributed by atoms with Gasteiger partial charge in [-0.15, -0.1) is 5.10 Å². The third kappa shape index (κ3) is 3.50. The number of rotatable bonds is 6. The SMILES string of the molecule is COc1ccc(-c2noc(CSc3nc4nc(C)cc(C)n4n3)n2)c(OC)c1. The first-order valence-corrected chi connectivity index (χ1v) is 9.44. The molecule has 0 amide bonds. The quantitative estimate of drug-likeness (QED) is 0.453. The van der Waals surface area contributed by atoms with Crippen molar-refractivity contribution in [1.29, 1.82) is 0 Å². The molecule has 3 heterocycles. The summed E-state index contributed by atoms with van der Waals surface area (Å²) in [5.41, 5.74) is 2.61. The molecular formula is C18H18N6O3S. The van der Waals surface area contributed by atoms with Crippen LogP contribution >= 0.6 is 11.8 Å². The molecule has 0 radical (unpaired) electrons. The molecule has 0 aliphatic carbocycles. The second-order valence-electron chi connectivity index (χ2n) is 6.01. The summed E-state index contributed by atoms with van der Waals surface area (Å²) in [6.07, 6.45) is 0. The monoisotopic (exact) mass is 398 g/mol. The zero-order chi connectivity index (χ0) is 19.7. The molecule has 4 aromatic rings. The van der Waals surface area contributed by atoms with Crippen molar-refractivity contribution >= 4 is 17.5 Å². The lowest BCUT2D eigenvalue weighted by molar-refractivity contribution is 0.388. The fourth-order valence-corrected chi connectivity index (χ4v) is 3.40. The number of hydrogen-bond acceptors (Lipinski definition) is 9. The minimum Gasteiger partial charge on any atom is -0.497 e. The molecule has 0 spiro atoms. The molecular weight excluding hydrogens is 380 g/mol. The number of benzene rings is 1. The second kappa shape index (κ2) is 7.47. The zero-order valence-corrected chi connectivity index (χ0v) is 16.6. The van der Waals surface area contributed by atoms with Gasteiger partial charge >= 0.3 is 0 Å².